The van der Waals surface area contributed by atoms with Crippen molar-refractivity contribution < 1.29 is 9.53 Å². The summed E-state index contributed by atoms with van der Waals surface area (Å²) in [6.07, 6.45) is 4.72. The minimum Gasteiger partial charge on any atom is -0.495 e. The van der Waals surface area contributed by atoms with Gasteiger partial charge in [0.15, 0.2) is 0 Å². The van der Waals surface area contributed by atoms with Crippen molar-refractivity contribution in [2.24, 2.45) is 5.92 Å². The van der Waals surface area contributed by atoms with Crippen LogP contribution in [0.4, 0.5) is 5.69 Å². The van der Waals surface area contributed by atoms with Crippen molar-refractivity contribution in [3.8, 4) is 5.75 Å². The lowest BCUT2D eigenvalue weighted by Gasteiger charge is -2.29. The molecule has 0 spiro atoms. The first-order valence-electron chi connectivity index (χ1n) is 6.86. The first-order valence-corrected chi connectivity index (χ1v) is 6.86. The van der Waals surface area contributed by atoms with Gasteiger partial charge in [-0.15, -0.1) is 0 Å². The van der Waals surface area contributed by atoms with Crippen LogP contribution in [0.1, 0.15) is 43.0 Å². The van der Waals surface area contributed by atoms with Crippen LogP contribution < -0.4 is 15.8 Å². The SMILES string of the molecule is COc1ccc(C(=O)N[C@@H]2CCCC[C@@H]2C)cc1N. The van der Waals surface area contributed by atoms with Crippen molar-refractivity contribution in [1.29, 1.82) is 0 Å². The molecular formula is C15H22N2O2. The summed E-state index contributed by atoms with van der Waals surface area (Å²) in [5.41, 5.74) is 6.91. The second-order valence-corrected chi connectivity index (χ2v) is 5.30. The minimum absolute atomic E-state index is 0.0481. The fraction of sp³-hybridized carbons (Fsp3) is 0.533. The lowest BCUT2D eigenvalue weighted by Crippen LogP contribution is -2.41. The van der Waals surface area contributed by atoms with E-state index in [1.165, 1.54) is 19.3 Å². The van der Waals surface area contributed by atoms with Crippen LogP contribution in [0.15, 0.2) is 18.2 Å². The molecule has 0 aliphatic heterocycles. The summed E-state index contributed by atoms with van der Waals surface area (Å²) in [7, 11) is 1.56. The Bertz CT molecular complexity index is 459. The first kappa shape index (κ1) is 13.7. The van der Waals surface area contributed by atoms with E-state index in [0.717, 1.165) is 6.42 Å². The number of methoxy groups -OCH3 is 1. The maximum absolute atomic E-state index is 12.2. The molecule has 1 aromatic rings. The Kier molecular flexibility index (Phi) is 4.30. The van der Waals surface area contributed by atoms with Gasteiger partial charge in [0, 0.05) is 11.6 Å². The Balaban J connectivity index is 2.05. The molecule has 104 valence electrons. The number of nitrogen functional groups attached to an aromatic ring is 1. The lowest BCUT2D eigenvalue weighted by molar-refractivity contribution is 0.0910. The van der Waals surface area contributed by atoms with E-state index in [2.05, 4.69) is 12.2 Å². The molecule has 0 saturated heterocycles. The molecule has 2 atom stereocenters. The summed E-state index contributed by atoms with van der Waals surface area (Å²) < 4.78 is 5.09. The van der Waals surface area contributed by atoms with Gasteiger partial charge in [-0.3, -0.25) is 4.79 Å². The maximum atomic E-state index is 12.2. The number of amides is 1. The fourth-order valence-corrected chi connectivity index (χ4v) is 2.66. The third-order valence-electron chi connectivity index (χ3n) is 3.92. The number of hydrogen-bond donors (Lipinski definition) is 2. The predicted molar refractivity (Wildman–Crippen MR) is 76.3 cm³/mol. The highest BCUT2D eigenvalue weighted by atomic mass is 16.5. The number of nitrogens with two attached hydrogens (primary N) is 1. The van der Waals surface area contributed by atoms with Crippen molar-refractivity contribution in [2.45, 2.75) is 38.6 Å². The summed E-state index contributed by atoms with van der Waals surface area (Å²) in [6, 6.07) is 5.43. The molecule has 0 radical (unpaired) electrons. The fourth-order valence-electron chi connectivity index (χ4n) is 2.66. The Morgan fingerprint density at radius 1 is 1.37 bits per heavy atom. The number of nitrogens with one attached hydrogen (secondary N) is 1. The molecule has 19 heavy (non-hydrogen) atoms. The van der Waals surface area contributed by atoms with Crippen LogP contribution in [0.3, 0.4) is 0 Å². The average Bonchev–Trinajstić information content (AvgIpc) is 2.41. The normalized spacial score (nSPS) is 22.8. The topological polar surface area (TPSA) is 64.3 Å². The molecular weight excluding hydrogens is 240 g/mol. The lowest BCUT2D eigenvalue weighted by atomic mass is 9.86. The van der Waals surface area contributed by atoms with Crippen LogP contribution in [0, 0.1) is 5.92 Å². The van der Waals surface area contributed by atoms with Crippen molar-refractivity contribution in [3.63, 3.8) is 0 Å². The molecule has 3 N–H and O–H groups in total. The molecule has 2 rings (SSSR count). The number of benzene rings is 1. The second-order valence-electron chi connectivity index (χ2n) is 5.30. The highest BCUT2D eigenvalue weighted by Gasteiger charge is 2.23. The zero-order valence-corrected chi connectivity index (χ0v) is 11.6. The molecule has 1 fully saturated rings. The third-order valence-corrected chi connectivity index (χ3v) is 3.92. The second kappa shape index (κ2) is 5.95. The minimum atomic E-state index is -0.0481. The van der Waals surface area contributed by atoms with Crippen LogP contribution in [-0.4, -0.2) is 19.1 Å². The quantitative estimate of drug-likeness (QED) is 0.823. The zero-order valence-electron chi connectivity index (χ0n) is 11.6. The van der Waals surface area contributed by atoms with Crippen LogP contribution in [0.5, 0.6) is 5.75 Å². The number of carbonyl (C=O) groups is 1. The Hall–Kier alpha value is -1.71. The molecule has 1 aliphatic rings. The standard InChI is InChI=1S/C15H22N2O2/c1-10-5-3-4-6-13(10)17-15(18)11-7-8-14(19-2)12(16)9-11/h7-10,13H,3-6,16H2,1-2H3,(H,17,18)/t10-,13+/m0/s1. The van der Waals surface area contributed by atoms with Crippen LogP contribution in [0.25, 0.3) is 0 Å². The van der Waals surface area contributed by atoms with Gasteiger partial charge >= 0.3 is 0 Å². The maximum Gasteiger partial charge on any atom is 0.251 e. The van der Waals surface area contributed by atoms with E-state index < -0.39 is 0 Å². The third kappa shape index (κ3) is 3.19. The molecule has 4 heteroatoms. The van der Waals surface area contributed by atoms with Gasteiger partial charge in [0.1, 0.15) is 5.75 Å². The predicted octanol–water partition coefficient (Wildman–Crippen LogP) is 2.59. The van der Waals surface area contributed by atoms with E-state index in [-0.39, 0.29) is 11.9 Å². The summed E-state index contributed by atoms with van der Waals surface area (Å²) in [4.78, 5) is 12.2. The van der Waals surface area contributed by atoms with Gasteiger partial charge < -0.3 is 15.8 Å². The van der Waals surface area contributed by atoms with Gasteiger partial charge in [-0.1, -0.05) is 19.8 Å². The molecule has 4 nitrogen and oxygen atoms in total. The van der Waals surface area contributed by atoms with Gasteiger partial charge in [0.05, 0.1) is 12.8 Å². The molecule has 1 saturated carbocycles. The van der Waals surface area contributed by atoms with Crippen LogP contribution >= 0.6 is 0 Å². The van der Waals surface area contributed by atoms with Gasteiger partial charge in [0.25, 0.3) is 5.91 Å². The van der Waals surface area contributed by atoms with Crippen molar-refractivity contribution >= 4 is 11.6 Å². The largest absolute Gasteiger partial charge is 0.495 e. The molecule has 1 aromatic carbocycles. The molecule has 0 heterocycles. The first-order chi connectivity index (χ1) is 9.11. The summed E-state index contributed by atoms with van der Waals surface area (Å²) >= 11 is 0. The average molecular weight is 262 g/mol. The highest BCUT2D eigenvalue weighted by molar-refractivity contribution is 5.95. The van der Waals surface area contributed by atoms with Gasteiger partial charge in [-0.05, 0) is 37.0 Å². The van der Waals surface area contributed by atoms with Crippen LogP contribution in [0.2, 0.25) is 0 Å². The van der Waals surface area contributed by atoms with Gasteiger partial charge in [-0.25, -0.2) is 0 Å². The van der Waals surface area contributed by atoms with E-state index in [9.17, 15) is 4.79 Å². The van der Waals surface area contributed by atoms with Crippen molar-refractivity contribution in [3.05, 3.63) is 23.8 Å². The summed E-state index contributed by atoms with van der Waals surface area (Å²) in [5, 5.41) is 3.11. The Labute approximate surface area is 114 Å². The zero-order chi connectivity index (χ0) is 13.8. The highest BCUT2D eigenvalue weighted by Crippen LogP contribution is 2.25. The Morgan fingerprint density at radius 2 is 2.11 bits per heavy atom. The van der Waals surface area contributed by atoms with E-state index in [1.54, 1.807) is 25.3 Å². The van der Waals surface area contributed by atoms with Crippen molar-refractivity contribution in [1.82, 2.24) is 5.32 Å². The number of hydrogen-bond acceptors (Lipinski definition) is 3. The van der Waals surface area contributed by atoms with E-state index in [4.69, 9.17) is 10.5 Å². The van der Waals surface area contributed by atoms with Gasteiger partial charge in [-0.2, -0.15) is 0 Å². The van der Waals surface area contributed by atoms with Gasteiger partial charge in [0.2, 0.25) is 0 Å². The summed E-state index contributed by atoms with van der Waals surface area (Å²) in [6.45, 7) is 2.20. The number of ether oxygens (including phenoxy) is 1. The molecule has 1 aliphatic carbocycles. The van der Waals surface area contributed by atoms with E-state index in [1.807, 2.05) is 0 Å². The Morgan fingerprint density at radius 3 is 2.74 bits per heavy atom. The number of anilines is 1. The molecule has 1 amide bonds. The monoisotopic (exact) mass is 262 g/mol. The smallest absolute Gasteiger partial charge is 0.251 e. The van der Waals surface area contributed by atoms with E-state index >= 15 is 0 Å². The molecule has 0 bridgehead atoms. The summed E-state index contributed by atoms with van der Waals surface area (Å²) in [5.74, 6) is 1.10. The van der Waals surface area contributed by atoms with E-state index in [0.29, 0.717) is 22.9 Å². The molecule has 0 aromatic heterocycles. The number of carbonyl (C=O) groups excluding carboxylic acids is 1. The van der Waals surface area contributed by atoms with Crippen molar-refractivity contribution in [2.75, 3.05) is 12.8 Å². The molecule has 0 unspecified atom stereocenters. The number of rotatable bonds is 3. The van der Waals surface area contributed by atoms with Crippen LogP contribution in [-0.2, 0) is 0 Å².